The van der Waals surface area contributed by atoms with Crippen molar-refractivity contribution in [2.24, 2.45) is 0 Å². The van der Waals surface area contributed by atoms with Gasteiger partial charge in [0.15, 0.2) is 0 Å². The van der Waals surface area contributed by atoms with Crippen LogP contribution in [0.4, 0.5) is 0 Å². The fourth-order valence-electron chi connectivity index (χ4n) is 3.29. The molecule has 0 radical (unpaired) electrons. The third-order valence-electron chi connectivity index (χ3n) is 4.66. The summed E-state index contributed by atoms with van der Waals surface area (Å²) >= 11 is 0. The van der Waals surface area contributed by atoms with Gasteiger partial charge in [-0.3, -0.25) is 9.69 Å². The summed E-state index contributed by atoms with van der Waals surface area (Å²) in [5.41, 5.74) is 0. The Kier molecular flexibility index (Phi) is 6.98. The summed E-state index contributed by atoms with van der Waals surface area (Å²) in [4.78, 5) is 14.1. The molecule has 1 amide bonds. The lowest BCUT2D eigenvalue weighted by atomic mass is 10.2. The van der Waals surface area contributed by atoms with Gasteiger partial charge in [0.2, 0.25) is 5.91 Å². The quantitative estimate of drug-likeness (QED) is 0.643. The second kappa shape index (κ2) is 8.59. The molecule has 2 saturated heterocycles. The maximum atomic E-state index is 12.9. The normalized spacial score (nSPS) is 28.4. The number of carbonyl (C=O) groups excluding carboxylic acids is 1. The molecule has 0 bridgehead atoms. The Balaban J connectivity index is 1.92. The van der Waals surface area contributed by atoms with Crippen molar-refractivity contribution in [2.75, 3.05) is 45.8 Å². The van der Waals surface area contributed by atoms with E-state index in [2.05, 4.69) is 11.9 Å². The van der Waals surface area contributed by atoms with Gasteiger partial charge < -0.3 is 10.1 Å². The number of carbonyl (C=O) groups is 1. The number of piperazine rings is 1. The highest BCUT2D eigenvalue weighted by Gasteiger charge is 2.37. The first-order valence-electron chi connectivity index (χ1n) is 8.79. The Hall–Kier alpha value is -1.00. The van der Waals surface area contributed by atoms with Crippen molar-refractivity contribution in [1.29, 1.82) is 0 Å². The maximum absolute atomic E-state index is 12.9. The van der Waals surface area contributed by atoms with E-state index in [1.54, 1.807) is 6.08 Å². The summed E-state index contributed by atoms with van der Waals surface area (Å²) in [5, 5.41) is 2.78. The lowest BCUT2D eigenvalue weighted by molar-refractivity contribution is -0.126. The molecule has 3 atom stereocenters. The van der Waals surface area contributed by atoms with E-state index < -0.39 is 10.2 Å². The number of nitrogens with one attached hydrogen (secondary N) is 1. The van der Waals surface area contributed by atoms with Crippen molar-refractivity contribution in [3.8, 4) is 0 Å². The van der Waals surface area contributed by atoms with Crippen LogP contribution in [0.15, 0.2) is 12.7 Å². The topological polar surface area (TPSA) is 82.2 Å². The van der Waals surface area contributed by atoms with Gasteiger partial charge in [-0.2, -0.15) is 17.0 Å². The molecule has 1 N–H and O–H groups in total. The molecule has 2 aliphatic rings. The second-order valence-electron chi connectivity index (χ2n) is 6.73. The van der Waals surface area contributed by atoms with Crippen molar-refractivity contribution < 1.29 is 17.9 Å². The first kappa shape index (κ1) is 20.3. The van der Waals surface area contributed by atoms with Gasteiger partial charge in [0, 0.05) is 45.8 Å². The molecule has 2 fully saturated rings. The molecular weight excluding hydrogens is 344 g/mol. The van der Waals surface area contributed by atoms with Crippen LogP contribution >= 0.6 is 0 Å². The molecular formula is C16H30N4O4S. The van der Waals surface area contributed by atoms with Crippen LogP contribution in [0.1, 0.15) is 20.8 Å². The summed E-state index contributed by atoms with van der Waals surface area (Å²) in [6.07, 6.45) is 1.43. The van der Waals surface area contributed by atoms with Gasteiger partial charge in [-0.05, 0) is 20.8 Å². The summed E-state index contributed by atoms with van der Waals surface area (Å²) in [6.45, 7) is 12.3. The zero-order chi connectivity index (χ0) is 18.6. The molecule has 0 unspecified atom stereocenters. The highest BCUT2D eigenvalue weighted by Crippen LogP contribution is 2.19. The van der Waals surface area contributed by atoms with Crippen LogP contribution < -0.4 is 5.32 Å². The predicted octanol–water partition coefficient (Wildman–Crippen LogP) is -0.351. The zero-order valence-corrected chi connectivity index (χ0v) is 16.2. The molecule has 0 spiro atoms. The van der Waals surface area contributed by atoms with Crippen LogP contribution in [0.5, 0.6) is 0 Å². The zero-order valence-electron chi connectivity index (χ0n) is 15.3. The average molecular weight is 375 g/mol. The lowest BCUT2D eigenvalue weighted by Crippen LogP contribution is -2.59. The summed E-state index contributed by atoms with van der Waals surface area (Å²) in [5.74, 6) is -0.0629. The first-order valence-corrected chi connectivity index (χ1v) is 10.2. The molecule has 2 rings (SSSR count). The Morgan fingerprint density at radius 1 is 1.20 bits per heavy atom. The van der Waals surface area contributed by atoms with E-state index >= 15 is 0 Å². The van der Waals surface area contributed by atoms with Crippen molar-refractivity contribution in [2.45, 2.75) is 39.0 Å². The molecule has 0 aromatic rings. The smallest absolute Gasteiger partial charge is 0.282 e. The van der Waals surface area contributed by atoms with Crippen LogP contribution in [0.3, 0.4) is 0 Å². The van der Waals surface area contributed by atoms with E-state index in [9.17, 15) is 13.2 Å². The van der Waals surface area contributed by atoms with E-state index in [0.29, 0.717) is 45.8 Å². The monoisotopic (exact) mass is 374 g/mol. The predicted molar refractivity (Wildman–Crippen MR) is 96.3 cm³/mol. The van der Waals surface area contributed by atoms with Gasteiger partial charge >= 0.3 is 0 Å². The number of rotatable bonds is 6. The Morgan fingerprint density at radius 2 is 1.76 bits per heavy atom. The lowest BCUT2D eigenvalue weighted by Gasteiger charge is -2.41. The van der Waals surface area contributed by atoms with Crippen molar-refractivity contribution in [3.63, 3.8) is 0 Å². The van der Waals surface area contributed by atoms with Crippen LogP contribution in [-0.4, -0.2) is 91.9 Å². The minimum atomic E-state index is -3.49. The van der Waals surface area contributed by atoms with Gasteiger partial charge in [0.1, 0.15) is 0 Å². The number of nitrogens with zero attached hydrogens (tertiary/aromatic N) is 3. The second-order valence-corrected chi connectivity index (χ2v) is 8.66. The van der Waals surface area contributed by atoms with E-state index in [1.807, 2.05) is 25.7 Å². The molecule has 9 heteroatoms. The maximum Gasteiger partial charge on any atom is 0.282 e. The van der Waals surface area contributed by atoms with E-state index in [-0.39, 0.29) is 24.2 Å². The number of amides is 1. The van der Waals surface area contributed by atoms with Gasteiger partial charge in [-0.25, -0.2) is 0 Å². The number of hydrogen-bond donors (Lipinski definition) is 1. The summed E-state index contributed by atoms with van der Waals surface area (Å²) < 4.78 is 34.4. The van der Waals surface area contributed by atoms with Crippen molar-refractivity contribution in [3.05, 3.63) is 12.7 Å². The minimum Gasteiger partial charge on any atom is -0.373 e. The highest BCUT2D eigenvalue weighted by molar-refractivity contribution is 7.86. The van der Waals surface area contributed by atoms with E-state index in [1.165, 1.54) is 8.61 Å². The number of morpholine rings is 1. The molecule has 0 aromatic carbocycles. The van der Waals surface area contributed by atoms with Crippen LogP contribution in [0.25, 0.3) is 0 Å². The fourth-order valence-corrected chi connectivity index (χ4v) is 5.04. The third kappa shape index (κ3) is 5.01. The third-order valence-corrected chi connectivity index (χ3v) is 6.63. The van der Waals surface area contributed by atoms with Crippen molar-refractivity contribution >= 4 is 16.1 Å². The van der Waals surface area contributed by atoms with E-state index in [0.717, 1.165) is 0 Å². The SMILES string of the molecule is C=CCNC(=O)[C@H](C)N1CCN(S(=O)(=O)N2C[C@@H](C)O[C@@H](C)C2)CC1. The molecule has 144 valence electrons. The van der Waals surface area contributed by atoms with E-state index in [4.69, 9.17) is 4.74 Å². The first-order chi connectivity index (χ1) is 11.8. The Bertz CT molecular complexity index is 565. The van der Waals surface area contributed by atoms with Gasteiger partial charge in [0.25, 0.3) is 10.2 Å². The highest BCUT2D eigenvalue weighted by atomic mass is 32.2. The van der Waals surface area contributed by atoms with Crippen LogP contribution in [0.2, 0.25) is 0 Å². The van der Waals surface area contributed by atoms with Crippen LogP contribution in [0, 0.1) is 0 Å². The van der Waals surface area contributed by atoms with Crippen LogP contribution in [-0.2, 0) is 19.7 Å². The molecule has 25 heavy (non-hydrogen) atoms. The molecule has 2 aliphatic heterocycles. The Labute approximate surface area is 151 Å². The number of hydrogen-bond acceptors (Lipinski definition) is 5. The standard InChI is InChI=1S/C16H30N4O4S/c1-5-6-17-16(21)15(4)18-7-9-19(10-8-18)25(22,23)20-11-13(2)24-14(3)12-20/h5,13-15H,1,6-12H2,2-4H3,(H,17,21)/t13-,14+,15-/m0/s1. The number of ether oxygens (including phenoxy) is 1. The van der Waals surface area contributed by atoms with Crippen molar-refractivity contribution in [1.82, 2.24) is 18.8 Å². The average Bonchev–Trinajstić information content (AvgIpc) is 2.58. The minimum absolute atomic E-state index is 0.0629. The molecule has 0 aromatic heterocycles. The molecule has 2 heterocycles. The summed E-state index contributed by atoms with van der Waals surface area (Å²) in [6, 6.07) is -0.284. The fraction of sp³-hybridized carbons (Fsp3) is 0.812. The largest absolute Gasteiger partial charge is 0.373 e. The van der Waals surface area contributed by atoms with Gasteiger partial charge in [0.05, 0.1) is 18.2 Å². The summed E-state index contributed by atoms with van der Waals surface area (Å²) in [7, 11) is -3.49. The van der Waals surface area contributed by atoms with Gasteiger partial charge in [-0.1, -0.05) is 6.08 Å². The molecule has 8 nitrogen and oxygen atoms in total. The molecule has 0 saturated carbocycles. The van der Waals surface area contributed by atoms with Gasteiger partial charge in [-0.15, -0.1) is 6.58 Å². The Morgan fingerprint density at radius 3 is 2.28 bits per heavy atom. The molecule has 0 aliphatic carbocycles.